The molecule has 180 valence electrons. The van der Waals surface area contributed by atoms with Crippen molar-refractivity contribution in [2.24, 2.45) is 16.6 Å². The van der Waals surface area contributed by atoms with Crippen LogP contribution in [0.3, 0.4) is 0 Å². The Bertz CT molecular complexity index is 1020. The molecule has 0 radical (unpaired) electrons. The molecule has 1 aliphatic rings. The third-order valence-electron chi connectivity index (χ3n) is 6.21. The van der Waals surface area contributed by atoms with Gasteiger partial charge in [0.1, 0.15) is 17.3 Å². The van der Waals surface area contributed by atoms with Crippen LogP contribution in [-0.4, -0.2) is 53.1 Å². The Labute approximate surface area is 196 Å². The zero-order chi connectivity index (χ0) is 24.2. The van der Waals surface area contributed by atoms with E-state index in [1.165, 1.54) is 0 Å². The number of rotatable bonds is 8. The van der Waals surface area contributed by atoms with Crippen LogP contribution in [0.1, 0.15) is 69.6 Å². The Morgan fingerprint density at radius 3 is 2.70 bits per heavy atom. The molecule has 0 saturated heterocycles. The number of hydrogen-bond acceptors (Lipinski definition) is 6. The number of hydrogen-bond donors (Lipinski definition) is 3. The first-order valence-corrected chi connectivity index (χ1v) is 11.8. The maximum atomic E-state index is 12.7. The predicted molar refractivity (Wildman–Crippen MR) is 134 cm³/mol. The van der Waals surface area contributed by atoms with E-state index in [2.05, 4.69) is 40.5 Å². The van der Waals surface area contributed by atoms with E-state index >= 15 is 0 Å². The number of nitrogens with zero attached hydrogens (tertiary/aromatic N) is 3. The number of nitrogens with two attached hydrogens (primary N) is 1. The maximum Gasteiger partial charge on any atom is 0.289 e. The first-order chi connectivity index (χ1) is 15.6. The fraction of sp³-hybridized carbons (Fsp3) is 0.600. The van der Waals surface area contributed by atoms with Gasteiger partial charge in [-0.15, -0.1) is 0 Å². The van der Waals surface area contributed by atoms with Gasteiger partial charge in [-0.3, -0.25) is 9.79 Å². The Morgan fingerprint density at radius 2 is 2.00 bits per heavy atom. The van der Waals surface area contributed by atoms with Crippen LogP contribution in [0.4, 0.5) is 5.82 Å². The van der Waals surface area contributed by atoms with E-state index in [-0.39, 0.29) is 23.8 Å². The summed E-state index contributed by atoms with van der Waals surface area (Å²) >= 11 is 0. The summed E-state index contributed by atoms with van der Waals surface area (Å²) in [6.45, 7) is 10.5. The van der Waals surface area contributed by atoms with Gasteiger partial charge >= 0.3 is 0 Å². The van der Waals surface area contributed by atoms with Crippen LogP contribution in [0.2, 0.25) is 0 Å². The first kappa shape index (κ1) is 24.9. The molecule has 0 bridgehead atoms. The van der Waals surface area contributed by atoms with Gasteiger partial charge < -0.3 is 21.1 Å². The fourth-order valence-corrected chi connectivity index (χ4v) is 3.88. The number of fused-ring (bicyclic) bond motifs is 1. The van der Waals surface area contributed by atoms with Crippen LogP contribution in [0, 0.1) is 12.8 Å². The molecule has 8 heteroatoms. The van der Waals surface area contributed by atoms with Crippen molar-refractivity contribution >= 4 is 28.5 Å². The van der Waals surface area contributed by atoms with Crippen molar-refractivity contribution in [2.45, 2.75) is 78.0 Å². The molecule has 0 aliphatic heterocycles. The second kappa shape index (κ2) is 10.5. The van der Waals surface area contributed by atoms with E-state index < -0.39 is 5.60 Å². The van der Waals surface area contributed by atoms with Gasteiger partial charge in [-0.2, -0.15) is 0 Å². The largest absolute Gasteiger partial charge is 0.385 e. The van der Waals surface area contributed by atoms with Crippen LogP contribution in [-0.2, 0) is 4.74 Å². The highest BCUT2D eigenvalue weighted by atomic mass is 16.5. The number of ether oxygens (including phenoxy) is 1. The normalized spacial score (nSPS) is 19.7. The Kier molecular flexibility index (Phi) is 7.89. The lowest BCUT2D eigenvalue weighted by atomic mass is 9.90. The second-order valence-electron chi connectivity index (χ2n) is 9.85. The standard InChI is InChI=1S/C25H38N6O2/c1-15(2)14-27-23(32)22-28-18-12-11-16(3)13-17(18)21(31-22)29-19-9-7-8-10-20(19)30-24(26)25(4,5)33-6/h11-13,15,19-20H,7-10,14H2,1-6H3,(H2,26,30)(H,27,32)(H,28,29,31)/t19-,20+/m0/s1. The molecular weight excluding hydrogens is 416 g/mol. The van der Waals surface area contributed by atoms with E-state index in [0.717, 1.165) is 42.1 Å². The number of carbonyl (C=O) groups is 1. The molecular formula is C25H38N6O2. The zero-order valence-electron chi connectivity index (χ0n) is 20.7. The summed E-state index contributed by atoms with van der Waals surface area (Å²) in [6, 6.07) is 6.04. The molecule has 1 saturated carbocycles. The van der Waals surface area contributed by atoms with Crippen molar-refractivity contribution < 1.29 is 9.53 Å². The minimum Gasteiger partial charge on any atom is -0.385 e. The van der Waals surface area contributed by atoms with Crippen LogP contribution in [0.25, 0.3) is 10.9 Å². The van der Waals surface area contributed by atoms with E-state index in [4.69, 9.17) is 15.5 Å². The molecule has 2 atom stereocenters. The van der Waals surface area contributed by atoms with Gasteiger partial charge in [0.25, 0.3) is 5.91 Å². The summed E-state index contributed by atoms with van der Waals surface area (Å²) in [5, 5.41) is 7.42. The highest BCUT2D eigenvalue weighted by Crippen LogP contribution is 2.28. The quantitative estimate of drug-likeness (QED) is 0.412. The van der Waals surface area contributed by atoms with Gasteiger partial charge in [0.2, 0.25) is 5.82 Å². The zero-order valence-corrected chi connectivity index (χ0v) is 20.7. The van der Waals surface area contributed by atoms with Crippen molar-refractivity contribution in [2.75, 3.05) is 19.0 Å². The van der Waals surface area contributed by atoms with Gasteiger partial charge in [-0.05, 0) is 51.7 Å². The molecule has 2 aromatic rings. The van der Waals surface area contributed by atoms with E-state index in [1.54, 1.807) is 7.11 Å². The number of carbonyl (C=O) groups excluding carboxylic acids is 1. The molecule has 1 aromatic heterocycles. The van der Waals surface area contributed by atoms with Crippen LogP contribution in [0.5, 0.6) is 0 Å². The topological polar surface area (TPSA) is 115 Å². The Hall–Kier alpha value is -2.74. The molecule has 4 N–H and O–H groups in total. The third kappa shape index (κ3) is 6.19. The fourth-order valence-electron chi connectivity index (χ4n) is 3.88. The number of methoxy groups -OCH3 is 1. The molecule has 1 amide bonds. The summed E-state index contributed by atoms with van der Waals surface area (Å²) in [7, 11) is 1.64. The van der Waals surface area contributed by atoms with Gasteiger partial charge in [-0.25, -0.2) is 9.97 Å². The van der Waals surface area contributed by atoms with Gasteiger partial charge in [0.05, 0.1) is 11.6 Å². The Balaban J connectivity index is 1.96. The average molecular weight is 455 g/mol. The van der Waals surface area contributed by atoms with Crippen molar-refractivity contribution in [1.29, 1.82) is 0 Å². The molecule has 1 aliphatic carbocycles. The summed E-state index contributed by atoms with van der Waals surface area (Å²) in [4.78, 5) is 26.8. The number of anilines is 1. The number of amides is 1. The molecule has 1 aromatic carbocycles. The van der Waals surface area contributed by atoms with Gasteiger partial charge in [-0.1, -0.05) is 38.3 Å². The third-order valence-corrected chi connectivity index (χ3v) is 6.21. The predicted octanol–water partition coefficient (Wildman–Crippen LogP) is 3.83. The summed E-state index contributed by atoms with van der Waals surface area (Å²) < 4.78 is 5.51. The van der Waals surface area contributed by atoms with Crippen LogP contribution in [0.15, 0.2) is 23.2 Å². The highest BCUT2D eigenvalue weighted by Gasteiger charge is 2.29. The molecule has 1 heterocycles. The molecule has 33 heavy (non-hydrogen) atoms. The van der Waals surface area contributed by atoms with Crippen LogP contribution >= 0.6 is 0 Å². The first-order valence-electron chi connectivity index (χ1n) is 11.8. The van der Waals surface area contributed by atoms with Gasteiger partial charge in [0, 0.05) is 25.1 Å². The summed E-state index contributed by atoms with van der Waals surface area (Å²) in [6.07, 6.45) is 4.07. The van der Waals surface area contributed by atoms with Crippen molar-refractivity contribution in [3.8, 4) is 0 Å². The molecule has 1 fully saturated rings. The lowest BCUT2D eigenvalue weighted by molar-refractivity contribution is 0.0810. The molecule has 3 rings (SSSR count). The smallest absolute Gasteiger partial charge is 0.289 e. The Morgan fingerprint density at radius 1 is 1.27 bits per heavy atom. The number of nitrogens with one attached hydrogen (secondary N) is 2. The second-order valence-corrected chi connectivity index (χ2v) is 9.85. The number of aliphatic imine (C=N–C) groups is 1. The molecule has 8 nitrogen and oxygen atoms in total. The molecule has 0 unspecified atom stereocenters. The monoisotopic (exact) mass is 454 g/mol. The summed E-state index contributed by atoms with van der Waals surface area (Å²) in [5.41, 5.74) is 7.52. The molecule has 0 spiro atoms. The number of aromatic nitrogens is 2. The average Bonchev–Trinajstić information content (AvgIpc) is 2.78. The maximum absolute atomic E-state index is 12.7. The van der Waals surface area contributed by atoms with E-state index in [1.807, 2.05) is 32.9 Å². The van der Waals surface area contributed by atoms with E-state index in [0.29, 0.717) is 24.1 Å². The minimum absolute atomic E-state index is 0.00113. The number of amidine groups is 1. The van der Waals surface area contributed by atoms with E-state index in [9.17, 15) is 4.79 Å². The lowest BCUT2D eigenvalue weighted by Crippen LogP contribution is -2.44. The lowest BCUT2D eigenvalue weighted by Gasteiger charge is -2.32. The minimum atomic E-state index is -0.623. The number of benzene rings is 1. The van der Waals surface area contributed by atoms with Crippen molar-refractivity contribution in [3.05, 3.63) is 29.6 Å². The van der Waals surface area contributed by atoms with Crippen molar-refractivity contribution in [1.82, 2.24) is 15.3 Å². The highest BCUT2D eigenvalue weighted by molar-refractivity contribution is 5.96. The summed E-state index contributed by atoms with van der Waals surface area (Å²) in [5.74, 6) is 1.40. The van der Waals surface area contributed by atoms with Gasteiger partial charge in [0.15, 0.2) is 0 Å². The number of aryl methyl sites for hydroxylation is 1. The SMILES string of the molecule is COC(C)(C)C(N)=N[C@@H]1CCCC[C@@H]1Nc1nc(C(=O)NCC(C)C)nc2ccc(C)cc12. The van der Waals surface area contributed by atoms with Crippen molar-refractivity contribution in [3.63, 3.8) is 0 Å². The van der Waals surface area contributed by atoms with Crippen LogP contribution < -0.4 is 16.4 Å².